The SMILES string of the molecule is O=C(CCSc1ncccc1Cl)NCc1ccccc1Cl. The first-order chi connectivity index (χ1) is 10.2. The van der Waals surface area contributed by atoms with Crippen molar-refractivity contribution in [3.63, 3.8) is 0 Å². The van der Waals surface area contributed by atoms with E-state index in [9.17, 15) is 4.79 Å². The maximum atomic E-state index is 11.8. The molecule has 0 aliphatic carbocycles. The van der Waals surface area contributed by atoms with Crippen molar-refractivity contribution >= 4 is 40.9 Å². The third-order valence-corrected chi connectivity index (χ3v) is 4.52. The van der Waals surface area contributed by atoms with Crippen LogP contribution in [0.2, 0.25) is 10.0 Å². The molecule has 1 heterocycles. The summed E-state index contributed by atoms with van der Waals surface area (Å²) < 4.78 is 0. The van der Waals surface area contributed by atoms with Gasteiger partial charge in [0.2, 0.25) is 5.91 Å². The number of aromatic nitrogens is 1. The van der Waals surface area contributed by atoms with Crippen LogP contribution in [0, 0.1) is 0 Å². The summed E-state index contributed by atoms with van der Waals surface area (Å²) in [6, 6.07) is 11.0. The van der Waals surface area contributed by atoms with Crippen LogP contribution in [0.1, 0.15) is 12.0 Å². The molecule has 1 aromatic carbocycles. The van der Waals surface area contributed by atoms with E-state index in [-0.39, 0.29) is 5.91 Å². The zero-order valence-electron chi connectivity index (χ0n) is 11.2. The van der Waals surface area contributed by atoms with Gasteiger partial charge in [-0.25, -0.2) is 4.98 Å². The summed E-state index contributed by atoms with van der Waals surface area (Å²) in [7, 11) is 0. The molecule has 6 heteroatoms. The molecule has 2 rings (SSSR count). The number of thioether (sulfide) groups is 1. The van der Waals surface area contributed by atoms with Crippen LogP contribution in [-0.2, 0) is 11.3 Å². The lowest BCUT2D eigenvalue weighted by molar-refractivity contribution is -0.120. The minimum atomic E-state index is -0.0190. The molecule has 1 amide bonds. The number of nitrogens with zero attached hydrogens (tertiary/aromatic N) is 1. The number of rotatable bonds is 6. The molecule has 1 aromatic heterocycles. The van der Waals surface area contributed by atoms with Gasteiger partial charge in [-0.1, -0.05) is 41.4 Å². The summed E-state index contributed by atoms with van der Waals surface area (Å²) in [6.07, 6.45) is 2.09. The summed E-state index contributed by atoms with van der Waals surface area (Å²) in [4.78, 5) is 15.9. The van der Waals surface area contributed by atoms with Gasteiger partial charge in [0.05, 0.1) is 5.02 Å². The van der Waals surface area contributed by atoms with Gasteiger partial charge in [0.25, 0.3) is 0 Å². The highest BCUT2D eigenvalue weighted by Crippen LogP contribution is 2.24. The van der Waals surface area contributed by atoms with Gasteiger partial charge in [-0.15, -0.1) is 11.8 Å². The number of nitrogens with one attached hydrogen (secondary N) is 1. The number of hydrogen-bond donors (Lipinski definition) is 1. The van der Waals surface area contributed by atoms with E-state index in [0.29, 0.717) is 28.8 Å². The summed E-state index contributed by atoms with van der Waals surface area (Å²) in [5.41, 5.74) is 0.910. The zero-order valence-corrected chi connectivity index (χ0v) is 13.5. The van der Waals surface area contributed by atoms with E-state index in [4.69, 9.17) is 23.2 Å². The zero-order chi connectivity index (χ0) is 15.1. The Balaban J connectivity index is 1.73. The molecule has 0 radical (unpaired) electrons. The van der Waals surface area contributed by atoms with Gasteiger partial charge in [0.1, 0.15) is 5.03 Å². The van der Waals surface area contributed by atoms with Crippen molar-refractivity contribution in [3.05, 3.63) is 58.2 Å². The van der Waals surface area contributed by atoms with Gasteiger partial charge in [-0.05, 0) is 23.8 Å². The van der Waals surface area contributed by atoms with E-state index in [1.54, 1.807) is 18.3 Å². The lowest BCUT2D eigenvalue weighted by Crippen LogP contribution is -2.23. The number of hydrogen-bond acceptors (Lipinski definition) is 3. The highest BCUT2D eigenvalue weighted by Gasteiger charge is 2.06. The van der Waals surface area contributed by atoms with Crippen LogP contribution in [0.25, 0.3) is 0 Å². The van der Waals surface area contributed by atoms with Crippen LogP contribution < -0.4 is 5.32 Å². The number of benzene rings is 1. The van der Waals surface area contributed by atoms with E-state index in [2.05, 4.69) is 10.3 Å². The molecule has 0 atom stereocenters. The summed E-state index contributed by atoms with van der Waals surface area (Å²) in [5.74, 6) is 0.611. The molecular formula is C15H14Cl2N2OS. The Morgan fingerprint density at radius 2 is 1.90 bits per heavy atom. The summed E-state index contributed by atoms with van der Waals surface area (Å²) in [5, 5.41) is 4.87. The number of amides is 1. The number of carbonyl (C=O) groups is 1. The molecule has 2 aromatic rings. The summed E-state index contributed by atoms with van der Waals surface area (Å²) in [6.45, 7) is 0.438. The third kappa shape index (κ3) is 5.23. The van der Waals surface area contributed by atoms with Gasteiger partial charge < -0.3 is 5.32 Å². The minimum Gasteiger partial charge on any atom is -0.352 e. The van der Waals surface area contributed by atoms with Gasteiger partial charge in [-0.2, -0.15) is 0 Å². The normalized spacial score (nSPS) is 10.4. The van der Waals surface area contributed by atoms with Crippen LogP contribution >= 0.6 is 35.0 Å². The molecule has 0 aliphatic rings. The fourth-order valence-electron chi connectivity index (χ4n) is 1.64. The van der Waals surface area contributed by atoms with Crippen LogP contribution in [-0.4, -0.2) is 16.6 Å². The summed E-state index contributed by atoms with van der Waals surface area (Å²) >= 11 is 13.5. The first kappa shape index (κ1) is 16.1. The molecule has 0 spiro atoms. The van der Waals surface area contributed by atoms with Crippen molar-refractivity contribution in [2.45, 2.75) is 18.0 Å². The van der Waals surface area contributed by atoms with E-state index in [1.807, 2.05) is 24.3 Å². The first-order valence-corrected chi connectivity index (χ1v) is 8.14. The van der Waals surface area contributed by atoms with Crippen molar-refractivity contribution in [2.24, 2.45) is 0 Å². The molecule has 0 unspecified atom stereocenters. The maximum Gasteiger partial charge on any atom is 0.221 e. The van der Waals surface area contributed by atoms with Crippen molar-refractivity contribution in [2.75, 3.05) is 5.75 Å². The highest BCUT2D eigenvalue weighted by molar-refractivity contribution is 7.99. The van der Waals surface area contributed by atoms with Gasteiger partial charge in [0.15, 0.2) is 0 Å². The van der Waals surface area contributed by atoms with Gasteiger partial charge in [-0.3, -0.25) is 4.79 Å². The monoisotopic (exact) mass is 340 g/mol. The smallest absolute Gasteiger partial charge is 0.221 e. The Bertz CT molecular complexity index is 622. The minimum absolute atomic E-state index is 0.0190. The Kier molecular flexibility index (Phi) is 6.36. The second-order valence-corrected chi connectivity index (χ2v) is 6.16. The molecule has 21 heavy (non-hydrogen) atoms. The Labute approximate surface area is 138 Å². The fraction of sp³-hybridized carbons (Fsp3) is 0.200. The topological polar surface area (TPSA) is 42.0 Å². The van der Waals surface area contributed by atoms with E-state index in [1.165, 1.54) is 11.8 Å². The molecule has 0 saturated heterocycles. The Morgan fingerprint density at radius 3 is 2.67 bits per heavy atom. The Hall–Kier alpha value is -1.23. The average Bonchev–Trinajstić information content (AvgIpc) is 2.48. The molecular weight excluding hydrogens is 327 g/mol. The predicted octanol–water partition coefficient (Wildman–Crippen LogP) is 4.19. The average molecular weight is 341 g/mol. The second-order valence-electron chi connectivity index (χ2n) is 4.26. The molecule has 3 nitrogen and oxygen atoms in total. The molecule has 110 valence electrons. The second kappa shape index (κ2) is 8.27. The van der Waals surface area contributed by atoms with E-state index >= 15 is 0 Å². The molecule has 0 aliphatic heterocycles. The Morgan fingerprint density at radius 1 is 1.14 bits per heavy atom. The standard InChI is InChI=1S/C15H14Cl2N2OS/c16-12-5-2-1-4-11(12)10-19-14(20)7-9-21-15-13(17)6-3-8-18-15/h1-6,8H,7,9-10H2,(H,19,20). The van der Waals surface area contributed by atoms with Crippen LogP contribution in [0.5, 0.6) is 0 Å². The molecule has 1 N–H and O–H groups in total. The lowest BCUT2D eigenvalue weighted by atomic mass is 10.2. The van der Waals surface area contributed by atoms with Crippen molar-refractivity contribution in [3.8, 4) is 0 Å². The number of carbonyl (C=O) groups excluding carboxylic acids is 1. The molecule has 0 bridgehead atoms. The third-order valence-electron chi connectivity index (χ3n) is 2.73. The van der Waals surface area contributed by atoms with Gasteiger partial charge in [0, 0.05) is 29.9 Å². The van der Waals surface area contributed by atoms with Crippen molar-refractivity contribution < 1.29 is 4.79 Å². The molecule has 0 saturated carbocycles. The van der Waals surface area contributed by atoms with Crippen LogP contribution in [0.4, 0.5) is 0 Å². The quantitative estimate of drug-likeness (QED) is 0.801. The number of pyridine rings is 1. The van der Waals surface area contributed by atoms with E-state index < -0.39 is 0 Å². The van der Waals surface area contributed by atoms with Crippen LogP contribution in [0.15, 0.2) is 47.6 Å². The predicted molar refractivity (Wildman–Crippen MR) is 87.9 cm³/mol. The first-order valence-electron chi connectivity index (χ1n) is 6.40. The van der Waals surface area contributed by atoms with E-state index in [0.717, 1.165) is 10.6 Å². The highest BCUT2D eigenvalue weighted by atomic mass is 35.5. The molecule has 0 fully saturated rings. The van der Waals surface area contributed by atoms with Crippen LogP contribution in [0.3, 0.4) is 0 Å². The maximum absolute atomic E-state index is 11.8. The lowest BCUT2D eigenvalue weighted by Gasteiger charge is -2.07. The van der Waals surface area contributed by atoms with Crippen molar-refractivity contribution in [1.29, 1.82) is 0 Å². The fourth-order valence-corrected chi connectivity index (χ4v) is 2.95. The largest absolute Gasteiger partial charge is 0.352 e. The van der Waals surface area contributed by atoms with Crippen molar-refractivity contribution in [1.82, 2.24) is 10.3 Å². The number of halogens is 2. The van der Waals surface area contributed by atoms with Gasteiger partial charge >= 0.3 is 0 Å².